The molecule has 0 heterocycles. The van der Waals surface area contributed by atoms with Crippen molar-refractivity contribution >= 4 is 27.5 Å². The van der Waals surface area contributed by atoms with Crippen LogP contribution >= 0.6 is 15.9 Å². The predicted molar refractivity (Wildman–Crippen MR) is 87.2 cm³/mol. The molecule has 21 heavy (non-hydrogen) atoms. The zero-order valence-electron chi connectivity index (χ0n) is 11.5. The number of halogens is 1. The fourth-order valence-corrected chi connectivity index (χ4v) is 2.20. The number of ether oxygens (including phenoxy) is 1. The smallest absolute Gasteiger partial charge is 0.220 e. The van der Waals surface area contributed by atoms with Gasteiger partial charge in [0.05, 0.1) is 13.0 Å². The first-order valence-corrected chi connectivity index (χ1v) is 7.43. The third kappa shape index (κ3) is 5.11. The third-order valence-electron chi connectivity index (χ3n) is 2.91. The predicted octanol–water partition coefficient (Wildman–Crippen LogP) is 3.32. The molecule has 0 aliphatic carbocycles. The van der Waals surface area contributed by atoms with E-state index in [1.165, 1.54) is 5.56 Å². The number of benzene rings is 2. The summed E-state index contributed by atoms with van der Waals surface area (Å²) in [5.74, 6) is 0.365. The molecule has 0 unspecified atom stereocenters. The molecule has 5 heteroatoms. The molecule has 2 aromatic carbocycles. The molecule has 2 rings (SSSR count). The summed E-state index contributed by atoms with van der Waals surface area (Å²) >= 11 is 3.52. The average Bonchev–Trinajstić information content (AvgIpc) is 2.47. The Balaban J connectivity index is 1.85. The summed E-state index contributed by atoms with van der Waals surface area (Å²) < 4.78 is 6.50. The van der Waals surface area contributed by atoms with Gasteiger partial charge >= 0.3 is 0 Å². The van der Waals surface area contributed by atoms with Gasteiger partial charge in [0.2, 0.25) is 5.91 Å². The van der Waals surface area contributed by atoms with Crippen LogP contribution in [0.2, 0.25) is 0 Å². The van der Waals surface area contributed by atoms with E-state index in [1.54, 1.807) is 0 Å². The number of nitrogens with two attached hydrogens (primary N) is 1. The molecule has 0 spiro atoms. The fourth-order valence-electron chi connectivity index (χ4n) is 1.78. The van der Waals surface area contributed by atoms with E-state index in [-0.39, 0.29) is 12.3 Å². The Hall–Kier alpha value is -2.01. The van der Waals surface area contributed by atoms with Crippen molar-refractivity contribution in [1.82, 2.24) is 0 Å². The normalized spacial score (nSPS) is 10.1. The Kier molecular flexibility index (Phi) is 5.63. The molecule has 2 aromatic rings. The van der Waals surface area contributed by atoms with Gasteiger partial charge in [-0.15, -0.1) is 0 Å². The van der Waals surface area contributed by atoms with Crippen LogP contribution in [-0.2, 0) is 11.3 Å². The topological polar surface area (TPSA) is 64.4 Å². The maximum atomic E-state index is 10.6. The molecule has 0 radical (unpaired) electrons. The second-order valence-electron chi connectivity index (χ2n) is 4.53. The molecule has 3 N–H and O–H groups in total. The van der Waals surface area contributed by atoms with Crippen molar-refractivity contribution < 1.29 is 9.53 Å². The van der Waals surface area contributed by atoms with Crippen LogP contribution in [-0.4, -0.2) is 12.5 Å². The van der Waals surface area contributed by atoms with Crippen molar-refractivity contribution in [3.05, 3.63) is 58.6 Å². The van der Waals surface area contributed by atoms with Crippen molar-refractivity contribution in [1.29, 1.82) is 0 Å². The highest BCUT2D eigenvalue weighted by Gasteiger charge is 2.00. The zero-order chi connectivity index (χ0) is 15.1. The fraction of sp³-hybridized carbons (Fsp3) is 0.188. The molecule has 1 amide bonds. The van der Waals surface area contributed by atoms with Crippen molar-refractivity contribution in [2.75, 3.05) is 11.9 Å². The van der Waals surface area contributed by atoms with Crippen LogP contribution in [0.4, 0.5) is 5.69 Å². The second-order valence-corrected chi connectivity index (χ2v) is 5.39. The number of primary amides is 1. The lowest BCUT2D eigenvalue weighted by molar-refractivity contribution is -0.118. The van der Waals surface area contributed by atoms with E-state index in [2.05, 4.69) is 27.3 Å². The highest BCUT2D eigenvalue weighted by molar-refractivity contribution is 9.10. The molecule has 4 nitrogen and oxygen atoms in total. The number of amides is 1. The number of rotatable bonds is 7. The maximum absolute atomic E-state index is 10.6. The quantitative estimate of drug-likeness (QED) is 0.806. The Morgan fingerprint density at radius 2 is 1.86 bits per heavy atom. The van der Waals surface area contributed by atoms with Crippen LogP contribution in [0.5, 0.6) is 5.75 Å². The number of nitrogens with one attached hydrogen (secondary N) is 1. The van der Waals surface area contributed by atoms with Crippen molar-refractivity contribution in [2.24, 2.45) is 5.73 Å². The largest absolute Gasteiger partial charge is 0.493 e. The summed E-state index contributed by atoms with van der Waals surface area (Å²) in [6.45, 7) is 1.04. The molecule has 0 aliphatic heterocycles. The van der Waals surface area contributed by atoms with Gasteiger partial charge in [0.15, 0.2) is 0 Å². The van der Waals surface area contributed by atoms with Gasteiger partial charge in [-0.3, -0.25) is 4.79 Å². The Morgan fingerprint density at radius 3 is 2.52 bits per heavy atom. The van der Waals surface area contributed by atoms with Crippen LogP contribution < -0.4 is 15.8 Å². The summed E-state index contributed by atoms with van der Waals surface area (Å²) in [6.07, 6.45) is 0.224. The van der Waals surface area contributed by atoms with Crippen molar-refractivity contribution in [3.8, 4) is 5.75 Å². The van der Waals surface area contributed by atoms with Gasteiger partial charge in [0.1, 0.15) is 5.75 Å². The molecular formula is C16H17BrN2O2. The monoisotopic (exact) mass is 348 g/mol. The molecule has 0 aliphatic rings. The van der Waals surface area contributed by atoms with E-state index in [4.69, 9.17) is 10.5 Å². The van der Waals surface area contributed by atoms with Crippen molar-refractivity contribution in [2.45, 2.75) is 13.0 Å². The SMILES string of the molecule is NC(=O)CCOc1ccc(NCc2ccccc2Br)cc1. The number of hydrogen-bond acceptors (Lipinski definition) is 3. The number of carbonyl (C=O) groups is 1. The van der Waals surface area contributed by atoms with Crippen LogP contribution in [0.25, 0.3) is 0 Å². The summed E-state index contributed by atoms with van der Waals surface area (Å²) in [7, 11) is 0. The Morgan fingerprint density at radius 1 is 1.14 bits per heavy atom. The van der Waals surface area contributed by atoms with Gasteiger partial charge < -0.3 is 15.8 Å². The highest BCUT2D eigenvalue weighted by atomic mass is 79.9. The van der Waals surface area contributed by atoms with E-state index in [9.17, 15) is 4.79 Å². The van der Waals surface area contributed by atoms with Gasteiger partial charge in [-0.2, -0.15) is 0 Å². The lowest BCUT2D eigenvalue weighted by Gasteiger charge is -2.09. The van der Waals surface area contributed by atoms with Crippen molar-refractivity contribution in [3.63, 3.8) is 0 Å². The molecular weight excluding hydrogens is 332 g/mol. The lowest BCUT2D eigenvalue weighted by Crippen LogP contribution is -2.14. The van der Waals surface area contributed by atoms with Crippen LogP contribution in [0.1, 0.15) is 12.0 Å². The minimum absolute atomic E-state index is 0.224. The van der Waals surface area contributed by atoms with Gasteiger partial charge in [0, 0.05) is 16.7 Å². The first-order valence-electron chi connectivity index (χ1n) is 6.63. The Bertz CT molecular complexity index is 599. The second kappa shape index (κ2) is 7.69. The molecule has 0 fully saturated rings. The van der Waals surface area contributed by atoms with E-state index in [0.717, 1.165) is 22.5 Å². The number of anilines is 1. The summed E-state index contributed by atoms with van der Waals surface area (Å²) in [5, 5.41) is 3.34. The van der Waals surface area contributed by atoms with Crippen LogP contribution in [0, 0.1) is 0 Å². The molecule has 0 atom stereocenters. The first kappa shape index (κ1) is 15.4. The third-order valence-corrected chi connectivity index (χ3v) is 3.69. The molecule has 0 bridgehead atoms. The minimum atomic E-state index is -0.360. The zero-order valence-corrected chi connectivity index (χ0v) is 13.1. The van der Waals surface area contributed by atoms with Gasteiger partial charge in [-0.25, -0.2) is 0 Å². The number of carbonyl (C=O) groups excluding carboxylic acids is 1. The Labute approximate surface area is 132 Å². The molecule has 110 valence electrons. The van der Waals surface area contributed by atoms with Crippen LogP contribution in [0.3, 0.4) is 0 Å². The summed E-state index contributed by atoms with van der Waals surface area (Å²) in [4.78, 5) is 10.6. The molecule has 0 aromatic heterocycles. The number of hydrogen-bond donors (Lipinski definition) is 2. The average molecular weight is 349 g/mol. The minimum Gasteiger partial charge on any atom is -0.493 e. The van der Waals surface area contributed by atoms with E-state index >= 15 is 0 Å². The van der Waals surface area contributed by atoms with E-state index in [0.29, 0.717) is 6.61 Å². The molecule has 0 saturated heterocycles. The summed E-state index contributed by atoms with van der Waals surface area (Å²) in [6, 6.07) is 15.7. The lowest BCUT2D eigenvalue weighted by atomic mass is 10.2. The van der Waals surface area contributed by atoms with Crippen LogP contribution in [0.15, 0.2) is 53.0 Å². The van der Waals surface area contributed by atoms with Gasteiger partial charge in [0.25, 0.3) is 0 Å². The summed E-state index contributed by atoms with van der Waals surface area (Å²) in [5.41, 5.74) is 7.26. The maximum Gasteiger partial charge on any atom is 0.220 e. The van der Waals surface area contributed by atoms with Gasteiger partial charge in [-0.05, 0) is 35.9 Å². The van der Waals surface area contributed by atoms with E-state index < -0.39 is 0 Å². The molecule has 0 saturated carbocycles. The highest BCUT2D eigenvalue weighted by Crippen LogP contribution is 2.19. The first-order chi connectivity index (χ1) is 10.1. The standard InChI is InChI=1S/C16H17BrN2O2/c17-15-4-2-1-3-12(15)11-19-13-5-7-14(8-6-13)21-10-9-16(18)20/h1-8,19H,9-11H2,(H2,18,20). The van der Waals surface area contributed by atoms with E-state index in [1.807, 2.05) is 42.5 Å². The van der Waals surface area contributed by atoms with Gasteiger partial charge in [-0.1, -0.05) is 34.1 Å².